The summed E-state index contributed by atoms with van der Waals surface area (Å²) in [6.45, 7) is 3.90. The lowest BCUT2D eigenvalue weighted by Gasteiger charge is -2.41. The molecule has 1 saturated heterocycles. The van der Waals surface area contributed by atoms with Gasteiger partial charge in [-0.2, -0.15) is 0 Å². The number of rotatable bonds is 8. The van der Waals surface area contributed by atoms with E-state index in [0.29, 0.717) is 0 Å². The van der Waals surface area contributed by atoms with Crippen LogP contribution in [-0.2, 0) is 14.3 Å². The fraction of sp³-hybridized carbons (Fsp3) is 0.429. The Morgan fingerprint density at radius 3 is 2.10 bits per heavy atom. The van der Waals surface area contributed by atoms with Gasteiger partial charge >= 0.3 is 5.97 Å². The van der Waals surface area contributed by atoms with Gasteiger partial charge in [0.05, 0.1) is 17.7 Å². The van der Waals surface area contributed by atoms with Crippen molar-refractivity contribution in [3.63, 3.8) is 0 Å². The number of methoxy groups -OCH3 is 1. The first-order valence-corrected chi connectivity index (χ1v) is 14.8. The molecule has 3 aromatic rings. The van der Waals surface area contributed by atoms with E-state index in [0.717, 1.165) is 54.5 Å². The molecule has 6 heteroatoms. The van der Waals surface area contributed by atoms with Gasteiger partial charge in [0.1, 0.15) is 6.04 Å². The minimum atomic E-state index is -1.03. The summed E-state index contributed by atoms with van der Waals surface area (Å²) >= 11 is 0. The third kappa shape index (κ3) is 5.62. The van der Waals surface area contributed by atoms with Crippen molar-refractivity contribution in [2.75, 3.05) is 19.1 Å². The summed E-state index contributed by atoms with van der Waals surface area (Å²) in [4.78, 5) is 31.5. The van der Waals surface area contributed by atoms with E-state index in [9.17, 15) is 14.7 Å². The third-order valence-electron chi connectivity index (χ3n) is 9.37. The highest BCUT2D eigenvalue weighted by Crippen LogP contribution is 2.50. The van der Waals surface area contributed by atoms with Gasteiger partial charge in [0.15, 0.2) is 0 Å². The molecule has 1 N–H and O–H groups in total. The molecular formula is C35H42N2O4. The number of aliphatic carboxylic acids is 1. The standard InChI is InChI=1S/C35H42N2O4/c1-35(2,41-4)29-31(36(3)28-22-14-21-27(23-28)24-15-8-5-9-16-24)30(25-17-10-6-11-18-25)37(32(29)34(39)40)33(38)26-19-12-7-13-20-26/h5-6,8-11,14-18,21-23,26,29-32H,7,12-13,19-20H2,1-4H3,(H,39,40)/t29-,30-,31-,32-/m0/s1. The van der Waals surface area contributed by atoms with Gasteiger partial charge in [-0.3, -0.25) is 4.79 Å². The smallest absolute Gasteiger partial charge is 0.326 e. The van der Waals surface area contributed by atoms with E-state index in [1.165, 1.54) is 0 Å². The molecular weight excluding hydrogens is 512 g/mol. The van der Waals surface area contributed by atoms with Crippen molar-refractivity contribution in [1.29, 1.82) is 0 Å². The Kier molecular flexibility index (Phi) is 8.50. The Balaban J connectivity index is 1.68. The molecule has 1 aliphatic carbocycles. The number of carbonyl (C=O) groups is 2. The van der Waals surface area contributed by atoms with Crippen LogP contribution >= 0.6 is 0 Å². The fourth-order valence-corrected chi connectivity index (χ4v) is 7.10. The zero-order chi connectivity index (χ0) is 29.1. The summed E-state index contributed by atoms with van der Waals surface area (Å²) in [6.07, 6.45) is 4.74. The summed E-state index contributed by atoms with van der Waals surface area (Å²) in [7, 11) is 3.66. The highest BCUT2D eigenvalue weighted by atomic mass is 16.5. The highest BCUT2D eigenvalue weighted by molar-refractivity contribution is 5.87. The van der Waals surface area contributed by atoms with Crippen LogP contribution in [0.25, 0.3) is 11.1 Å². The van der Waals surface area contributed by atoms with Crippen LogP contribution < -0.4 is 4.90 Å². The van der Waals surface area contributed by atoms with E-state index in [1.54, 1.807) is 12.0 Å². The lowest BCUT2D eigenvalue weighted by atomic mass is 9.78. The van der Waals surface area contributed by atoms with Crippen molar-refractivity contribution in [1.82, 2.24) is 4.90 Å². The quantitative estimate of drug-likeness (QED) is 0.331. The van der Waals surface area contributed by atoms with Gasteiger partial charge in [-0.05, 0) is 55.5 Å². The number of likely N-dealkylation sites (N-methyl/N-ethyl adjacent to an activating group) is 1. The van der Waals surface area contributed by atoms with Crippen LogP contribution in [0.4, 0.5) is 5.69 Å². The maximum atomic E-state index is 14.4. The highest BCUT2D eigenvalue weighted by Gasteiger charge is 2.61. The van der Waals surface area contributed by atoms with E-state index in [-0.39, 0.29) is 17.9 Å². The second-order valence-corrected chi connectivity index (χ2v) is 12.1. The van der Waals surface area contributed by atoms with Crippen LogP contribution in [0.15, 0.2) is 84.9 Å². The van der Waals surface area contributed by atoms with Crippen LogP contribution in [0.2, 0.25) is 0 Å². The molecule has 0 unspecified atom stereocenters. The second-order valence-electron chi connectivity index (χ2n) is 12.1. The first kappa shape index (κ1) is 28.9. The van der Waals surface area contributed by atoms with E-state index in [4.69, 9.17) is 4.74 Å². The van der Waals surface area contributed by atoms with Gasteiger partial charge in [0.25, 0.3) is 0 Å². The third-order valence-corrected chi connectivity index (χ3v) is 9.37. The monoisotopic (exact) mass is 554 g/mol. The fourth-order valence-electron chi connectivity index (χ4n) is 7.10. The van der Waals surface area contributed by atoms with Crippen LogP contribution in [0.1, 0.15) is 57.6 Å². The van der Waals surface area contributed by atoms with Crippen molar-refractivity contribution in [3.05, 3.63) is 90.5 Å². The number of amides is 1. The topological polar surface area (TPSA) is 70.1 Å². The predicted molar refractivity (Wildman–Crippen MR) is 163 cm³/mol. The Bertz CT molecular complexity index is 1340. The first-order chi connectivity index (χ1) is 19.7. The molecule has 1 amide bonds. The molecule has 1 saturated carbocycles. The van der Waals surface area contributed by atoms with Crippen molar-refractivity contribution < 1.29 is 19.4 Å². The largest absolute Gasteiger partial charge is 0.480 e. The van der Waals surface area contributed by atoms with E-state index >= 15 is 0 Å². The van der Waals surface area contributed by atoms with Crippen LogP contribution in [0.3, 0.4) is 0 Å². The van der Waals surface area contributed by atoms with Gasteiger partial charge < -0.3 is 19.6 Å². The zero-order valence-electron chi connectivity index (χ0n) is 24.6. The molecule has 1 heterocycles. The minimum absolute atomic E-state index is 0.0446. The van der Waals surface area contributed by atoms with E-state index in [1.807, 2.05) is 75.5 Å². The molecule has 6 nitrogen and oxygen atoms in total. The summed E-state index contributed by atoms with van der Waals surface area (Å²) < 4.78 is 6.04. The molecule has 2 fully saturated rings. The van der Waals surface area contributed by atoms with Crippen molar-refractivity contribution in [2.24, 2.45) is 11.8 Å². The van der Waals surface area contributed by atoms with Gasteiger partial charge in [-0.15, -0.1) is 0 Å². The normalized spacial score (nSPS) is 23.4. The molecule has 4 atom stereocenters. The summed E-state index contributed by atoms with van der Waals surface area (Å²) in [6, 6.07) is 26.7. The zero-order valence-corrected chi connectivity index (χ0v) is 24.6. The van der Waals surface area contributed by atoms with Crippen molar-refractivity contribution in [2.45, 2.75) is 69.7 Å². The van der Waals surface area contributed by atoms with Crippen molar-refractivity contribution in [3.8, 4) is 11.1 Å². The maximum absolute atomic E-state index is 14.4. The molecule has 2 aliphatic rings. The Labute approximate surface area is 243 Å². The van der Waals surface area contributed by atoms with Gasteiger partial charge in [-0.25, -0.2) is 4.79 Å². The van der Waals surface area contributed by atoms with Crippen LogP contribution in [-0.4, -0.2) is 53.7 Å². The Morgan fingerprint density at radius 1 is 0.878 bits per heavy atom. The lowest BCUT2D eigenvalue weighted by molar-refractivity contribution is -0.156. The number of benzene rings is 3. The Morgan fingerprint density at radius 2 is 1.49 bits per heavy atom. The summed E-state index contributed by atoms with van der Waals surface area (Å²) in [5, 5.41) is 10.8. The number of carbonyl (C=O) groups excluding carboxylic acids is 1. The van der Waals surface area contributed by atoms with E-state index in [2.05, 4.69) is 35.2 Å². The SMILES string of the molecule is COC(C)(C)[C@H]1[C@H](N(C)c2cccc(-c3ccccc3)c2)[C@H](c2ccccc2)N(C(=O)C2CCCCC2)[C@@H]1C(=O)O. The maximum Gasteiger partial charge on any atom is 0.326 e. The molecule has 0 bridgehead atoms. The van der Waals surface area contributed by atoms with Gasteiger partial charge in [0.2, 0.25) is 5.91 Å². The van der Waals surface area contributed by atoms with E-state index < -0.39 is 29.6 Å². The number of carboxylic acids is 1. The molecule has 5 rings (SSSR count). The summed E-state index contributed by atoms with van der Waals surface area (Å²) in [5.74, 6) is -1.70. The Hall–Kier alpha value is -3.64. The predicted octanol–water partition coefficient (Wildman–Crippen LogP) is 6.82. The number of hydrogen-bond acceptors (Lipinski definition) is 4. The molecule has 0 spiro atoms. The van der Waals surface area contributed by atoms with Crippen LogP contribution in [0, 0.1) is 11.8 Å². The number of ether oxygens (including phenoxy) is 1. The second kappa shape index (κ2) is 12.1. The molecule has 216 valence electrons. The number of anilines is 1. The average Bonchev–Trinajstić information content (AvgIpc) is 3.39. The molecule has 0 aromatic heterocycles. The number of hydrogen-bond donors (Lipinski definition) is 1. The van der Waals surface area contributed by atoms with Crippen LogP contribution in [0.5, 0.6) is 0 Å². The molecule has 41 heavy (non-hydrogen) atoms. The van der Waals surface area contributed by atoms with Gasteiger partial charge in [0, 0.05) is 31.7 Å². The number of nitrogens with zero attached hydrogens (tertiary/aromatic N) is 2. The van der Waals surface area contributed by atoms with Gasteiger partial charge in [-0.1, -0.05) is 92.1 Å². The molecule has 3 aromatic carbocycles. The van der Waals surface area contributed by atoms with Crippen molar-refractivity contribution >= 4 is 17.6 Å². The number of likely N-dealkylation sites (tertiary alicyclic amines) is 1. The average molecular weight is 555 g/mol. The summed E-state index contributed by atoms with van der Waals surface area (Å²) in [5.41, 5.74) is 3.27. The number of carboxylic acid groups (broad SMARTS) is 1. The first-order valence-electron chi connectivity index (χ1n) is 14.8. The minimum Gasteiger partial charge on any atom is -0.480 e. The molecule has 0 radical (unpaired) electrons. The lowest BCUT2D eigenvalue weighted by Crippen LogP contribution is -2.53. The molecule has 1 aliphatic heterocycles.